The van der Waals surface area contributed by atoms with E-state index in [-0.39, 0.29) is 0 Å². The topological polar surface area (TPSA) is 30.7 Å². The second-order valence-corrected chi connectivity index (χ2v) is 4.54. The summed E-state index contributed by atoms with van der Waals surface area (Å²) in [5, 5.41) is 5.04. The minimum absolute atomic E-state index is 0.364. The lowest BCUT2D eigenvalue weighted by molar-refractivity contribution is 0.757. The lowest BCUT2D eigenvalue weighted by Crippen LogP contribution is -2.01. The molecular formula is C12H14ClN3. The Balaban J connectivity index is 2.48. The van der Waals surface area contributed by atoms with Crippen molar-refractivity contribution < 1.29 is 0 Å². The van der Waals surface area contributed by atoms with E-state index in [1.54, 1.807) is 10.9 Å². The molecule has 4 heteroatoms. The van der Waals surface area contributed by atoms with Crippen molar-refractivity contribution in [3.63, 3.8) is 0 Å². The van der Waals surface area contributed by atoms with Gasteiger partial charge in [-0.05, 0) is 36.6 Å². The number of hydrogen-bond acceptors (Lipinski definition) is 2. The summed E-state index contributed by atoms with van der Waals surface area (Å²) in [6.45, 7) is 6.20. The van der Waals surface area contributed by atoms with Crippen LogP contribution in [0.25, 0.3) is 5.82 Å². The van der Waals surface area contributed by atoms with E-state index in [4.69, 9.17) is 11.6 Å². The Labute approximate surface area is 100 Å². The summed E-state index contributed by atoms with van der Waals surface area (Å²) < 4.78 is 1.67. The Bertz CT molecular complexity index is 503. The summed E-state index contributed by atoms with van der Waals surface area (Å²) in [4.78, 5) is 4.26. The van der Waals surface area contributed by atoms with Gasteiger partial charge in [-0.25, -0.2) is 9.67 Å². The van der Waals surface area contributed by atoms with Crippen LogP contribution in [0.15, 0.2) is 24.4 Å². The highest BCUT2D eigenvalue weighted by atomic mass is 35.5. The molecule has 2 aromatic rings. The second kappa shape index (κ2) is 4.26. The summed E-state index contributed by atoms with van der Waals surface area (Å²) in [5.41, 5.74) is 2.12. The van der Waals surface area contributed by atoms with E-state index in [9.17, 15) is 0 Å². The maximum absolute atomic E-state index is 6.14. The van der Waals surface area contributed by atoms with Gasteiger partial charge in [0.25, 0.3) is 0 Å². The molecule has 0 bridgehead atoms. The monoisotopic (exact) mass is 235 g/mol. The Kier molecular flexibility index (Phi) is 2.97. The van der Waals surface area contributed by atoms with Crippen LogP contribution >= 0.6 is 11.6 Å². The maximum atomic E-state index is 6.14. The first-order valence-electron chi connectivity index (χ1n) is 5.26. The van der Waals surface area contributed by atoms with Gasteiger partial charge in [0.05, 0.1) is 5.69 Å². The SMILES string of the molecule is Cc1ccnc(-n2nc(C(C)C)cc2Cl)c1. The Morgan fingerprint density at radius 1 is 1.31 bits per heavy atom. The number of halogens is 1. The van der Waals surface area contributed by atoms with Gasteiger partial charge in [0, 0.05) is 6.20 Å². The normalized spacial score (nSPS) is 11.1. The molecule has 2 rings (SSSR count). The van der Waals surface area contributed by atoms with Gasteiger partial charge in [0.15, 0.2) is 5.82 Å². The van der Waals surface area contributed by atoms with E-state index >= 15 is 0 Å². The largest absolute Gasteiger partial charge is 0.237 e. The quantitative estimate of drug-likeness (QED) is 0.799. The number of nitrogens with zero attached hydrogens (tertiary/aromatic N) is 3. The second-order valence-electron chi connectivity index (χ2n) is 4.15. The van der Waals surface area contributed by atoms with Gasteiger partial charge >= 0.3 is 0 Å². The summed E-state index contributed by atoms with van der Waals surface area (Å²) in [6.07, 6.45) is 1.76. The lowest BCUT2D eigenvalue weighted by atomic mass is 10.1. The zero-order chi connectivity index (χ0) is 11.7. The van der Waals surface area contributed by atoms with Crippen molar-refractivity contribution in [2.24, 2.45) is 0 Å². The summed E-state index contributed by atoms with van der Waals surface area (Å²) in [7, 11) is 0. The molecule has 0 saturated heterocycles. The number of pyridine rings is 1. The molecule has 0 aromatic carbocycles. The van der Waals surface area contributed by atoms with Crippen LogP contribution in [0.3, 0.4) is 0 Å². The first-order chi connectivity index (χ1) is 7.58. The van der Waals surface area contributed by atoms with Crippen LogP contribution in [0.5, 0.6) is 0 Å². The molecule has 0 atom stereocenters. The zero-order valence-electron chi connectivity index (χ0n) is 9.61. The third kappa shape index (κ3) is 2.09. The first kappa shape index (κ1) is 11.1. The fourth-order valence-corrected chi connectivity index (χ4v) is 1.69. The molecule has 0 spiro atoms. The smallest absolute Gasteiger partial charge is 0.155 e. The van der Waals surface area contributed by atoms with Crippen molar-refractivity contribution in [3.8, 4) is 5.82 Å². The predicted molar refractivity (Wildman–Crippen MR) is 65.2 cm³/mol. The van der Waals surface area contributed by atoms with Crippen LogP contribution < -0.4 is 0 Å². The number of aryl methyl sites for hydroxylation is 1. The highest BCUT2D eigenvalue weighted by molar-refractivity contribution is 6.29. The minimum Gasteiger partial charge on any atom is -0.237 e. The summed E-state index contributed by atoms with van der Waals surface area (Å²) in [6, 6.07) is 5.80. The van der Waals surface area contributed by atoms with Gasteiger partial charge in [-0.15, -0.1) is 0 Å². The first-order valence-corrected chi connectivity index (χ1v) is 5.64. The van der Waals surface area contributed by atoms with E-state index in [1.165, 1.54) is 0 Å². The Morgan fingerprint density at radius 3 is 2.62 bits per heavy atom. The van der Waals surface area contributed by atoms with Crippen LogP contribution in [0.2, 0.25) is 5.15 Å². The number of hydrogen-bond donors (Lipinski definition) is 0. The van der Waals surface area contributed by atoms with Gasteiger partial charge in [0.1, 0.15) is 5.15 Å². The summed E-state index contributed by atoms with van der Waals surface area (Å²) >= 11 is 6.14. The molecule has 0 amide bonds. The van der Waals surface area contributed by atoms with E-state index in [0.29, 0.717) is 11.1 Å². The minimum atomic E-state index is 0.364. The van der Waals surface area contributed by atoms with Crippen LogP contribution in [0.1, 0.15) is 31.0 Å². The number of rotatable bonds is 2. The molecular weight excluding hydrogens is 222 g/mol. The average Bonchev–Trinajstić information content (AvgIpc) is 2.60. The summed E-state index contributed by atoms with van der Waals surface area (Å²) in [5.74, 6) is 1.13. The van der Waals surface area contributed by atoms with Gasteiger partial charge in [-0.1, -0.05) is 25.4 Å². The molecule has 84 valence electrons. The van der Waals surface area contributed by atoms with Crippen LogP contribution in [-0.2, 0) is 0 Å². The molecule has 3 nitrogen and oxygen atoms in total. The van der Waals surface area contributed by atoms with E-state index < -0.39 is 0 Å². The van der Waals surface area contributed by atoms with Gasteiger partial charge < -0.3 is 0 Å². The molecule has 0 saturated carbocycles. The third-order valence-electron chi connectivity index (χ3n) is 2.39. The zero-order valence-corrected chi connectivity index (χ0v) is 10.4. The van der Waals surface area contributed by atoms with Crippen molar-refractivity contribution in [3.05, 3.63) is 40.8 Å². The molecule has 0 radical (unpaired) electrons. The molecule has 0 aliphatic heterocycles. The molecule has 2 heterocycles. The van der Waals surface area contributed by atoms with Crippen molar-refractivity contribution in [2.45, 2.75) is 26.7 Å². The third-order valence-corrected chi connectivity index (χ3v) is 2.66. The fourth-order valence-electron chi connectivity index (χ4n) is 1.45. The highest BCUT2D eigenvalue weighted by Crippen LogP contribution is 2.21. The van der Waals surface area contributed by atoms with Crippen LogP contribution in [-0.4, -0.2) is 14.8 Å². The predicted octanol–water partition coefficient (Wildman–Crippen LogP) is 3.35. The van der Waals surface area contributed by atoms with E-state index in [0.717, 1.165) is 17.1 Å². The molecule has 2 aromatic heterocycles. The number of aromatic nitrogens is 3. The lowest BCUT2D eigenvalue weighted by Gasteiger charge is -2.03. The Morgan fingerprint density at radius 2 is 2.06 bits per heavy atom. The van der Waals surface area contributed by atoms with E-state index in [1.807, 2.05) is 25.1 Å². The fraction of sp³-hybridized carbons (Fsp3) is 0.333. The van der Waals surface area contributed by atoms with Gasteiger partial charge in [-0.3, -0.25) is 0 Å². The van der Waals surface area contributed by atoms with Crippen molar-refractivity contribution in [1.29, 1.82) is 0 Å². The molecule has 0 aliphatic carbocycles. The van der Waals surface area contributed by atoms with Crippen molar-refractivity contribution >= 4 is 11.6 Å². The maximum Gasteiger partial charge on any atom is 0.155 e. The molecule has 0 fully saturated rings. The van der Waals surface area contributed by atoms with E-state index in [2.05, 4.69) is 23.9 Å². The van der Waals surface area contributed by atoms with Gasteiger partial charge in [0.2, 0.25) is 0 Å². The standard InChI is InChI=1S/C12H14ClN3/c1-8(2)10-7-11(13)16(15-10)12-6-9(3)4-5-14-12/h4-8H,1-3H3. The molecule has 0 unspecified atom stereocenters. The van der Waals surface area contributed by atoms with Crippen molar-refractivity contribution in [2.75, 3.05) is 0 Å². The van der Waals surface area contributed by atoms with Crippen LogP contribution in [0.4, 0.5) is 0 Å². The average molecular weight is 236 g/mol. The van der Waals surface area contributed by atoms with Crippen LogP contribution in [0, 0.1) is 6.92 Å². The molecule has 16 heavy (non-hydrogen) atoms. The Hall–Kier alpha value is -1.35. The molecule has 0 aliphatic rings. The highest BCUT2D eigenvalue weighted by Gasteiger charge is 2.10. The van der Waals surface area contributed by atoms with Gasteiger partial charge in [-0.2, -0.15) is 5.10 Å². The molecule has 0 N–H and O–H groups in total. The van der Waals surface area contributed by atoms with Crippen molar-refractivity contribution in [1.82, 2.24) is 14.8 Å².